The molecule has 1 heterocycles. The predicted molar refractivity (Wildman–Crippen MR) is 85.7 cm³/mol. The number of nitrogens with zero attached hydrogens (tertiary/aromatic N) is 1. The zero-order valence-corrected chi connectivity index (χ0v) is 13.4. The lowest BCUT2D eigenvalue weighted by Crippen LogP contribution is -2.12. The van der Waals surface area contributed by atoms with E-state index in [4.69, 9.17) is 23.2 Å². The Morgan fingerprint density at radius 2 is 1.91 bits per heavy atom. The van der Waals surface area contributed by atoms with Gasteiger partial charge in [0.15, 0.2) is 0 Å². The molecule has 120 valence electrons. The molecule has 1 atom stereocenters. The van der Waals surface area contributed by atoms with Crippen molar-refractivity contribution in [2.24, 2.45) is 0 Å². The van der Waals surface area contributed by atoms with Gasteiger partial charge in [-0.3, -0.25) is 4.79 Å². The molecule has 1 aromatic carbocycles. The first kappa shape index (κ1) is 15.9. The molecule has 1 aliphatic rings. The SMILES string of the molecule is O=C(O)c1cc2c(n1Cc1ccc(Cl)c(Cl)c1)CCC2C(=O)O. The second-order valence-electron chi connectivity index (χ2n) is 5.50. The summed E-state index contributed by atoms with van der Waals surface area (Å²) < 4.78 is 1.65. The molecule has 3 rings (SSSR count). The molecule has 5 nitrogen and oxygen atoms in total. The zero-order valence-electron chi connectivity index (χ0n) is 11.9. The fourth-order valence-electron chi connectivity index (χ4n) is 3.06. The summed E-state index contributed by atoms with van der Waals surface area (Å²) in [6.07, 6.45) is 1.03. The minimum absolute atomic E-state index is 0.0898. The second-order valence-corrected chi connectivity index (χ2v) is 6.32. The number of aromatic nitrogens is 1. The van der Waals surface area contributed by atoms with Gasteiger partial charge in [0.1, 0.15) is 5.69 Å². The van der Waals surface area contributed by atoms with E-state index in [9.17, 15) is 19.8 Å². The third kappa shape index (κ3) is 2.82. The van der Waals surface area contributed by atoms with E-state index in [1.54, 1.807) is 22.8 Å². The van der Waals surface area contributed by atoms with Crippen molar-refractivity contribution in [3.63, 3.8) is 0 Å². The van der Waals surface area contributed by atoms with Crippen LogP contribution in [-0.2, 0) is 17.8 Å². The van der Waals surface area contributed by atoms with Crippen LogP contribution in [0.3, 0.4) is 0 Å². The number of halogens is 2. The monoisotopic (exact) mass is 353 g/mol. The number of aromatic carboxylic acids is 1. The maximum atomic E-state index is 11.5. The minimum atomic E-state index is -1.08. The van der Waals surface area contributed by atoms with E-state index in [0.29, 0.717) is 35.0 Å². The van der Waals surface area contributed by atoms with Gasteiger partial charge in [-0.15, -0.1) is 0 Å². The van der Waals surface area contributed by atoms with Gasteiger partial charge in [0.05, 0.1) is 16.0 Å². The Balaban J connectivity index is 2.04. The molecule has 0 radical (unpaired) electrons. The summed E-state index contributed by atoms with van der Waals surface area (Å²) in [6, 6.07) is 6.59. The fraction of sp³-hybridized carbons (Fsp3) is 0.250. The number of aliphatic carboxylic acids is 1. The summed E-state index contributed by atoms with van der Waals surface area (Å²) in [5, 5.41) is 19.5. The number of benzene rings is 1. The summed E-state index contributed by atoms with van der Waals surface area (Å²) in [4.78, 5) is 22.8. The molecule has 0 amide bonds. The third-order valence-corrected chi connectivity index (χ3v) is 4.87. The Morgan fingerprint density at radius 1 is 1.17 bits per heavy atom. The molecule has 0 saturated heterocycles. The van der Waals surface area contributed by atoms with Crippen molar-refractivity contribution < 1.29 is 19.8 Å². The van der Waals surface area contributed by atoms with Crippen LogP contribution < -0.4 is 0 Å². The molecule has 2 N–H and O–H groups in total. The van der Waals surface area contributed by atoms with Crippen molar-refractivity contribution in [1.82, 2.24) is 4.57 Å². The highest BCUT2D eigenvalue weighted by Crippen LogP contribution is 2.36. The van der Waals surface area contributed by atoms with Crippen LogP contribution in [-0.4, -0.2) is 26.7 Å². The highest BCUT2D eigenvalue weighted by atomic mass is 35.5. The van der Waals surface area contributed by atoms with Crippen LogP contribution in [0.5, 0.6) is 0 Å². The average molecular weight is 354 g/mol. The first-order valence-corrected chi connectivity index (χ1v) is 7.76. The van der Waals surface area contributed by atoms with Gasteiger partial charge in [-0.1, -0.05) is 29.3 Å². The first-order valence-electron chi connectivity index (χ1n) is 7.00. The van der Waals surface area contributed by atoms with Crippen LogP contribution >= 0.6 is 23.2 Å². The van der Waals surface area contributed by atoms with Crippen molar-refractivity contribution in [2.75, 3.05) is 0 Å². The van der Waals surface area contributed by atoms with Crippen molar-refractivity contribution in [3.05, 3.63) is 56.8 Å². The number of carboxylic acids is 2. The number of hydrogen-bond acceptors (Lipinski definition) is 2. The second kappa shape index (κ2) is 5.91. The van der Waals surface area contributed by atoms with E-state index >= 15 is 0 Å². The highest BCUT2D eigenvalue weighted by molar-refractivity contribution is 6.42. The number of carboxylic acid groups (broad SMARTS) is 2. The van der Waals surface area contributed by atoms with E-state index in [0.717, 1.165) is 11.3 Å². The lowest BCUT2D eigenvalue weighted by Gasteiger charge is -2.11. The van der Waals surface area contributed by atoms with Gasteiger partial charge >= 0.3 is 11.9 Å². The zero-order chi connectivity index (χ0) is 16.7. The normalized spacial score (nSPS) is 16.3. The van der Waals surface area contributed by atoms with Crippen molar-refractivity contribution in [3.8, 4) is 0 Å². The minimum Gasteiger partial charge on any atom is -0.481 e. The van der Waals surface area contributed by atoms with Gasteiger partial charge in [0.2, 0.25) is 0 Å². The van der Waals surface area contributed by atoms with Crippen molar-refractivity contribution >= 4 is 35.1 Å². The molecule has 1 unspecified atom stereocenters. The standard InChI is InChI=1S/C16H13Cl2NO4/c17-11-3-1-8(5-12(11)18)7-19-13-4-2-9(15(20)21)10(13)6-14(19)16(22)23/h1,3,5-6,9H,2,4,7H2,(H,20,21)(H,22,23). The van der Waals surface area contributed by atoms with Crippen molar-refractivity contribution in [1.29, 1.82) is 0 Å². The molecular weight excluding hydrogens is 341 g/mol. The van der Waals surface area contributed by atoms with Gasteiger partial charge in [0, 0.05) is 12.2 Å². The lowest BCUT2D eigenvalue weighted by atomic mass is 10.0. The maximum absolute atomic E-state index is 11.5. The van der Waals surface area contributed by atoms with E-state index in [1.165, 1.54) is 6.07 Å². The van der Waals surface area contributed by atoms with Crippen LogP contribution in [0.1, 0.15) is 39.6 Å². The molecule has 2 aromatic rings. The van der Waals surface area contributed by atoms with Crippen LogP contribution in [0.4, 0.5) is 0 Å². The Bertz CT molecular complexity index is 813. The fourth-order valence-corrected chi connectivity index (χ4v) is 3.38. The number of carbonyl (C=O) groups is 2. The third-order valence-electron chi connectivity index (χ3n) is 4.13. The van der Waals surface area contributed by atoms with E-state index in [2.05, 4.69) is 0 Å². The Hall–Kier alpha value is -1.98. The van der Waals surface area contributed by atoms with Gasteiger partial charge < -0.3 is 14.8 Å². The predicted octanol–water partition coefficient (Wildman–Crippen LogP) is 3.66. The first-order chi connectivity index (χ1) is 10.9. The maximum Gasteiger partial charge on any atom is 0.352 e. The molecule has 23 heavy (non-hydrogen) atoms. The van der Waals surface area contributed by atoms with E-state index in [-0.39, 0.29) is 5.69 Å². The summed E-state index contributed by atoms with van der Waals surface area (Å²) in [7, 11) is 0. The van der Waals surface area contributed by atoms with E-state index < -0.39 is 17.9 Å². The molecule has 1 aliphatic carbocycles. The molecule has 0 bridgehead atoms. The Morgan fingerprint density at radius 3 is 2.52 bits per heavy atom. The average Bonchev–Trinajstić information content (AvgIpc) is 3.03. The quantitative estimate of drug-likeness (QED) is 0.878. The number of fused-ring (bicyclic) bond motifs is 1. The number of hydrogen-bond donors (Lipinski definition) is 2. The van der Waals surface area contributed by atoms with Gasteiger partial charge in [-0.2, -0.15) is 0 Å². The van der Waals surface area contributed by atoms with Crippen LogP contribution in [0, 0.1) is 0 Å². The molecule has 0 saturated carbocycles. The Labute approximate surface area is 142 Å². The highest BCUT2D eigenvalue weighted by Gasteiger charge is 2.33. The van der Waals surface area contributed by atoms with Crippen LogP contribution in [0.15, 0.2) is 24.3 Å². The Kier molecular flexibility index (Phi) is 4.08. The van der Waals surface area contributed by atoms with Gasteiger partial charge in [0.25, 0.3) is 0 Å². The summed E-state index contributed by atoms with van der Waals surface area (Å²) >= 11 is 11.9. The topological polar surface area (TPSA) is 79.5 Å². The largest absolute Gasteiger partial charge is 0.481 e. The molecule has 0 spiro atoms. The smallest absolute Gasteiger partial charge is 0.352 e. The summed E-state index contributed by atoms with van der Waals surface area (Å²) in [6.45, 7) is 0.306. The van der Waals surface area contributed by atoms with Crippen molar-refractivity contribution in [2.45, 2.75) is 25.3 Å². The summed E-state index contributed by atoms with van der Waals surface area (Å²) in [5.74, 6) is -2.64. The summed E-state index contributed by atoms with van der Waals surface area (Å²) in [5.41, 5.74) is 2.25. The molecule has 1 aromatic heterocycles. The number of rotatable bonds is 4. The molecule has 0 aliphatic heterocycles. The lowest BCUT2D eigenvalue weighted by molar-refractivity contribution is -0.138. The van der Waals surface area contributed by atoms with Crippen LogP contribution in [0.25, 0.3) is 0 Å². The molecule has 0 fully saturated rings. The molecule has 7 heteroatoms. The van der Waals surface area contributed by atoms with E-state index in [1.807, 2.05) is 0 Å². The van der Waals surface area contributed by atoms with Gasteiger partial charge in [-0.05, 0) is 42.2 Å². The van der Waals surface area contributed by atoms with Crippen LogP contribution in [0.2, 0.25) is 10.0 Å². The molecular formula is C16H13Cl2NO4. The van der Waals surface area contributed by atoms with Gasteiger partial charge in [-0.25, -0.2) is 4.79 Å².